The van der Waals surface area contributed by atoms with E-state index in [1.165, 1.54) is 11.3 Å². The summed E-state index contributed by atoms with van der Waals surface area (Å²) >= 11 is 1.22. The van der Waals surface area contributed by atoms with Crippen LogP contribution in [0.3, 0.4) is 0 Å². The molecule has 0 radical (unpaired) electrons. The standard InChI is InChI=1S/C10H9NO4S/c12-7-3-4-8(13)11(7)9(10(14)15)6-2-1-5-16-6/h1-2,5,9H,3-4H2,(H,14,15). The SMILES string of the molecule is O=C(O)C(c1cccs1)N1C(=O)CCC1=O. The van der Waals surface area contributed by atoms with E-state index in [2.05, 4.69) is 0 Å². The molecule has 0 aliphatic carbocycles. The molecule has 2 heterocycles. The van der Waals surface area contributed by atoms with Crippen molar-refractivity contribution in [2.75, 3.05) is 0 Å². The Kier molecular flexibility index (Phi) is 2.74. The minimum absolute atomic E-state index is 0.105. The molecule has 0 aromatic carbocycles. The molecule has 84 valence electrons. The molecule has 1 aromatic heterocycles. The third-order valence-corrected chi connectivity index (χ3v) is 3.32. The molecule has 1 atom stereocenters. The molecule has 16 heavy (non-hydrogen) atoms. The Hall–Kier alpha value is -1.69. The summed E-state index contributed by atoms with van der Waals surface area (Å²) in [6, 6.07) is 2.14. The first-order valence-corrected chi connectivity index (χ1v) is 5.60. The van der Waals surface area contributed by atoms with E-state index in [0.717, 1.165) is 4.90 Å². The van der Waals surface area contributed by atoms with Crippen LogP contribution in [0, 0.1) is 0 Å². The van der Waals surface area contributed by atoms with Crippen LogP contribution in [0.5, 0.6) is 0 Å². The second-order valence-electron chi connectivity index (χ2n) is 3.41. The summed E-state index contributed by atoms with van der Waals surface area (Å²) < 4.78 is 0. The predicted molar refractivity (Wildman–Crippen MR) is 55.8 cm³/mol. The maximum absolute atomic E-state index is 11.5. The zero-order chi connectivity index (χ0) is 11.7. The Bertz CT molecular complexity index is 424. The molecular weight excluding hydrogens is 230 g/mol. The van der Waals surface area contributed by atoms with Gasteiger partial charge in [0.05, 0.1) is 0 Å². The first-order valence-electron chi connectivity index (χ1n) is 4.72. The van der Waals surface area contributed by atoms with Crippen LogP contribution >= 0.6 is 11.3 Å². The number of hydrogen-bond donors (Lipinski definition) is 1. The highest BCUT2D eigenvalue weighted by molar-refractivity contribution is 7.10. The maximum Gasteiger partial charge on any atom is 0.332 e. The van der Waals surface area contributed by atoms with Gasteiger partial charge in [-0.3, -0.25) is 14.5 Å². The molecule has 1 saturated heterocycles. The summed E-state index contributed by atoms with van der Waals surface area (Å²) in [6.45, 7) is 0. The van der Waals surface area contributed by atoms with Gasteiger partial charge in [-0.15, -0.1) is 11.3 Å². The molecular formula is C10H9NO4S. The first-order chi connectivity index (χ1) is 7.61. The fourth-order valence-electron chi connectivity index (χ4n) is 1.69. The number of carboxylic acids is 1. The van der Waals surface area contributed by atoms with Gasteiger partial charge in [0.2, 0.25) is 11.8 Å². The summed E-state index contributed by atoms with van der Waals surface area (Å²) in [5.41, 5.74) is 0. The summed E-state index contributed by atoms with van der Waals surface area (Å²) in [4.78, 5) is 35.4. The van der Waals surface area contributed by atoms with Gasteiger partial charge in [0.25, 0.3) is 0 Å². The summed E-state index contributed by atoms with van der Waals surface area (Å²) in [6.07, 6.45) is 0.210. The number of carbonyl (C=O) groups is 3. The number of imide groups is 1. The number of carbonyl (C=O) groups excluding carboxylic acids is 2. The Labute approximate surface area is 95.3 Å². The van der Waals surface area contributed by atoms with Crippen molar-refractivity contribution in [3.8, 4) is 0 Å². The predicted octanol–water partition coefficient (Wildman–Crippen LogP) is 1.02. The lowest BCUT2D eigenvalue weighted by atomic mass is 10.2. The highest BCUT2D eigenvalue weighted by Gasteiger charge is 2.40. The normalized spacial score (nSPS) is 17.9. The van der Waals surface area contributed by atoms with Crippen LogP contribution in [-0.4, -0.2) is 27.8 Å². The fourth-order valence-corrected chi connectivity index (χ4v) is 2.49. The number of carboxylic acid groups (broad SMARTS) is 1. The summed E-state index contributed by atoms with van der Waals surface area (Å²) in [5.74, 6) is -2.00. The third-order valence-electron chi connectivity index (χ3n) is 2.39. The maximum atomic E-state index is 11.5. The highest BCUT2D eigenvalue weighted by atomic mass is 32.1. The van der Waals surface area contributed by atoms with Crippen molar-refractivity contribution in [3.63, 3.8) is 0 Å². The van der Waals surface area contributed by atoms with Gasteiger partial charge in [0.1, 0.15) is 0 Å². The van der Waals surface area contributed by atoms with Crippen molar-refractivity contribution < 1.29 is 19.5 Å². The molecule has 2 amide bonds. The first kappa shape index (κ1) is 10.8. The Morgan fingerprint density at radius 3 is 2.44 bits per heavy atom. The van der Waals surface area contributed by atoms with E-state index in [1.807, 2.05) is 0 Å². The number of amides is 2. The molecule has 0 saturated carbocycles. The average molecular weight is 239 g/mol. The fraction of sp³-hybridized carbons (Fsp3) is 0.300. The van der Waals surface area contributed by atoms with E-state index >= 15 is 0 Å². The second-order valence-corrected chi connectivity index (χ2v) is 4.39. The second kappa shape index (κ2) is 4.05. The molecule has 1 unspecified atom stereocenters. The van der Waals surface area contributed by atoms with Gasteiger partial charge in [-0.2, -0.15) is 0 Å². The molecule has 0 bridgehead atoms. The van der Waals surface area contributed by atoms with Gasteiger partial charge in [-0.05, 0) is 11.4 Å². The molecule has 1 aromatic rings. The van der Waals surface area contributed by atoms with E-state index in [-0.39, 0.29) is 12.8 Å². The van der Waals surface area contributed by atoms with Crippen LogP contribution in [0.25, 0.3) is 0 Å². The van der Waals surface area contributed by atoms with Gasteiger partial charge < -0.3 is 5.11 Å². The third kappa shape index (κ3) is 1.71. The number of likely N-dealkylation sites (tertiary alicyclic amines) is 1. The zero-order valence-electron chi connectivity index (χ0n) is 8.25. The van der Waals surface area contributed by atoms with Crippen molar-refractivity contribution in [3.05, 3.63) is 22.4 Å². The van der Waals surface area contributed by atoms with Gasteiger partial charge >= 0.3 is 5.97 Å². The molecule has 1 aliphatic heterocycles. The van der Waals surface area contributed by atoms with Gasteiger partial charge in [0, 0.05) is 17.7 Å². The van der Waals surface area contributed by atoms with E-state index in [0.29, 0.717) is 4.88 Å². The van der Waals surface area contributed by atoms with Crippen LogP contribution in [0.2, 0.25) is 0 Å². The Morgan fingerprint density at radius 1 is 1.38 bits per heavy atom. The summed E-state index contributed by atoms with van der Waals surface area (Å²) in [5, 5.41) is 10.8. The lowest BCUT2D eigenvalue weighted by molar-refractivity contribution is -0.154. The van der Waals surface area contributed by atoms with Crippen LogP contribution in [-0.2, 0) is 14.4 Å². The molecule has 5 nitrogen and oxygen atoms in total. The van der Waals surface area contributed by atoms with E-state index in [9.17, 15) is 14.4 Å². The van der Waals surface area contributed by atoms with E-state index in [1.54, 1.807) is 17.5 Å². The van der Waals surface area contributed by atoms with Gasteiger partial charge in [0.15, 0.2) is 6.04 Å². The molecule has 1 N–H and O–H groups in total. The number of nitrogens with zero attached hydrogens (tertiary/aromatic N) is 1. The van der Waals surface area contributed by atoms with Crippen LogP contribution < -0.4 is 0 Å². The minimum Gasteiger partial charge on any atom is -0.479 e. The number of aliphatic carboxylic acids is 1. The Morgan fingerprint density at radius 2 is 2.00 bits per heavy atom. The lowest BCUT2D eigenvalue weighted by Crippen LogP contribution is -2.37. The van der Waals surface area contributed by atoms with Crippen molar-refractivity contribution >= 4 is 29.1 Å². The van der Waals surface area contributed by atoms with Crippen LogP contribution in [0.15, 0.2) is 17.5 Å². The zero-order valence-corrected chi connectivity index (χ0v) is 9.07. The number of hydrogen-bond acceptors (Lipinski definition) is 4. The number of rotatable bonds is 3. The molecule has 1 aliphatic rings. The van der Waals surface area contributed by atoms with Gasteiger partial charge in [-0.25, -0.2) is 4.79 Å². The molecule has 0 spiro atoms. The minimum atomic E-state index is -1.17. The monoisotopic (exact) mass is 239 g/mol. The van der Waals surface area contributed by atoms with Crippen molar-refractivity contribution in [1.82, 2.24) is 4.90 Å². The smallest absolute Gasteiger partial charge is 0.332 e. The van der Waals surface area contributed by atoms with E-state index < -0.39 is 23.8 Å². The molecule has 2 rings (SSSR count). The van der Waals surface area contributed by atoms with Crippen LogP contribution in [0.1, 0.15) is 23.8 Å². The quantitative estimate of drug-likeness (QED) is 0.799. The van der Waals surface area contributed by atoms with Gasteiger partial charge in [-0.1, -0.05) is 6.07 Å². The molecule has 1 fully saturated rings. The van der Waals surface area contributed by atoms with Crippen molar-refractivity contribution in [1.29, 1.82) is 0 Å². The lowest BCUT2D eigenvalue weighted by Gasteiger charge is -2.21. The topological polar surface area (TPSA) is 74.7 Å². The molecule has 6 heteroatoms. The summed E-state index contributed by atoms with van der Waals surface area (Å²) in [7, 11) is 0. The highest BCUT2D eigenvalue weighted by Crippen LogP contribution is 2.29. The van der Waals surface area contributed by atoms with Crippen molar-refractivity contribution in [2.45, 2.75) is 18.9 Å². The van der Waals surface area contributed by atoms with Crippen LogP contribution in [0.4, 0.5) is 0 Å². The van der Waals surface area contributed by atoms with Crippen molar-refractivity contribution in [2.24, 2.45) is 0 Å². The number of thiophene rings is 1. The Balaban J connectivity index is 2.37. The average Bonchev–Trinajstić information content (AvgIpc) is 2.82. The van der Waals surface area contributed by atoms with E-state index in [4.69, 9.17) is 5.11 Å². The largest absolute Gasteiger partial charge is 0.479 e.